The molecule has 3 heteroatoms. The Morgan fingerprint density at radius 3 is 2.72 bits per heavy atom. The molecule has 0 radical (unpaired) electrons. The van der Waals surface area contributed by atoms with E-state index in [1.54, 1.807) is 0 Å². The van der Waals surface area contributed by atoms with Crippen LogP contribution in [0.4, 0.5) is 0 Å². The predicted octanol–water partition coefficient (Wildman–Crippen LogP) is 2.64. The zero-order valence-electron chi connectivity index (χ0n) is 10.8. The molecule has 1 aromatic rings. The molecule has 0 amide bonds. The number of ether oxygens (including phenoxy) is 1. The Bertz CT molecular complexity index is 397. The number of hydrogen-bond donors (Lipinski definition) is 2. The van der Waals surface area contributed by atoms with Gasteiger partial charge in [-0.1, -0.05) is 30.7 Å². The molecule has 3 N–H and O–H groups in total. The van der Waals surface area contributed by atoms with Gasteiger partial charge in [-0.25, -0.2) is 0 Å². The van der Waals surface area contributed by atoms with Gasteiger partial charge in [0.1, 0.15) is 0 Å². The quantitative estimate of drug-likeness (QED) is 0.634. The Morgan fingerprint density at radius 1 is 1.22 bits per heavy atom. The Labute approximate surface area is 109 Å². The minimum atomic E-state index is 0.132. The van der Waals surface area contributed by atoms with Crippen molar-refractivity contribution in [3.05, 3.63) is 35.4 Å². The van der Waals surface area contributed by atoms with Crippen LogP contribution in [0.2, 0.25) is 0 Å². The summed E-state index contributed by atoms with van der Waals surface area (Å²) in [6.07, 6.45) is 6.52. The number of benzene rings is 1. The van der Waals surface area contributed by atoms with E-state index < -0.39 is 0 Å². The van der Waals surface area contributed by atoms with Crippen LogP contribution in [-0.4, -0.2) is 12.7 Å². The molecule has 1 saturated heterocycles. The fraction of sp³-hybridized carbons (Fsp3) is 0.600. The maximum Gasteiger partial charge on any atom is 0.0783 e. The summed E-state index contributed by atoms with van der Waals surface area (Å²) in [5.41, 5.74) is 5.68. The molecule has 2 unspecified atom stereocenters. The molecule has 98 valence electrons. The van der Waals surface area contributed by atoms with E-state index in [0.29, 0.717) is 0 Å². The van der Waals surface area contributed by atoms with Gasteiger partial charge in [0.15, 0.2) is 0 Å². The second-order valence-electron chi connectivity index (χ2n) is 5.49. The van der Waals surface area contributed by atoms with Crippen molar-refractivity contribution in [2.24, 2.45) is 5.84 Å². The van der Waals surface area contributed by atoms with Crippen molar-refractivity contribution < 1.29 is 4.74 Å². The summed E-state index contributed by atoms with van der Waals surface area (Å²) < 4.78 is 5.76. The van der Waals surface area contributed by atoms with Crippen molar-refractivity contribution >= 4 is 0 Å². The van der Waals surface area contributed by atoms with E-state index in [4.69, 9.17) is 10.6 Å². The average Bonchev–Trinajstić information content (AvgIpc) is 2.82. The zero-order valence-corrected chi connectivity index (χ0v) is 10.8. The summed E-state index contributed by atoms with van der Waals surface area (Å²) in [5.74, 6) is 6.50. The summed E-state index contributed by atoms with van der Waals surface area (Å²) in [6, 6.07) is 9.01. The van der Waals surface area contributed by atoms with Crippen molar-refractivity contribution in [2.45, 2.75) is 50.2 Å². The second-order valence-corrected chi connectivity index (χ2v) is 5.49. The van der Waals surface area contributed by atoms with E-state index in [-0.39, 0.29) is 12.1 Å². The van der Waals surface area contributed by atoms with E-state index in [0.717, 1.165) is 25.4 Å². The molecule has 1 aromatic carbocycles. The molecular weight excluding hydrogens is 224 g/mol. The smallest absolute Gasteiger partial charge is 0.0783 e. The summed E-state index contributed by atoms with van der Waals surface area (Å²) in [6.45, 7) is 0.866. The van der Waals surface area contributed by atoms with Crippen molar-refractivity contribution in [2.75, 3.05) is 6.61 Å². The van der Waals surface area contributed by atoms with Crippen LogP contribution in [0.1, 0.15) is 55.2 Å². The van der Waals surface area contributed by atoms with Crippen LogP contribution in [0.15, 0.2) is 24.3 Å². The van der Waals surface area contributed by atoms with E-state index in [9.17, 15) is 0 Å². The van der Waals surface area contributed by atoms with E-state index in [2.05, 4.69) is 29.7 Å². The first kappa shape index (κ1) is 12.2. The molecule has 0 bridgehead atoms. The Kier molecular flexibility index (Phi) is 3.64. The molecule has 0 aromatic heterocycles. The van der Waals surface area contributed by atoms with Gasteiger partial charge in [0.2, 0.25) is 0 Å². The van der Waals surface area contributed by atoms with Gasteiger partial charge < -0.3 is 4.74 Å². The summed E-state index contributed by atoms with van der Waals surface area (Å²) in [7, 11) is 0. The van der Waals surface area contributed by atoms with Crippen molar-refractivity contribution in [1.82, 2.24) is 5.43 Å². The monoisotopic (exact) mass is 246 g/mol. The number of hydrogen-bond acceptors (Lipinski definition) is 3. The first-order valence-corrected chi connectivity index (χ1v) is 7.06. The highest BCUT2D eigenvalue weighted by molar-refractivity contribution is 5.30. The van der Waals surface area contributed by atoms with E-state index in [1.807, 2.05) is 0 Å². The highest BCUT2D eigenvalue weighted by Crippen LogP contribution is 2.37. The maximum absolute atomic E-state index is 5.76. The lowest BCUT2D eigenvalue weighted by Gasteiger charge is -2.28. The summed E-state index contributed by atoms with van der Waals surface area (Å²) in [4.78, 5) is 0. The fourth-order valence-corrected chi connectivity index (χ4v) is 3.03. The lowest BCUT2D eigenvalue weighted by molar-refractivity contribution is 0.0783. The van der Waals surface area contributed by atoms with Crippen LogP contribution in [0.3, 0.4) is 0 Å². The van der Waals surface area contributed by atoms with Crippen LogP contribution in [0, 0.1) is 0 Å². The highest BCUT2D eigenvalue weighted by Gasteiger charge is 2.27. The van der Waals surface area contributed by atoms with Gasteiger partial charge in [-0.05, 0) is 42.7 Å². The topological polar surface area (TPSA) is 47.3 Å². The summed E-state index contributed by atoms with van der Waals surface area (Å²) in [5, 5.41) is 0. The fourth-order valence-electron chi connectivity index (χ4n) is 3.03. The molecular formula is C15H22N2O. The first-order valence-electron chi connectivity index (χ1n) is 7.06. The molecule has 2 fully saturated rings. The summed E-state index contributed by atoms with van der Waals surface area (Å²) >= 11 is 0. The zero-order chi connectivity index (χ0) is 12.4. The van der Waals surface area contributed by atoms with Gasteiger partial charge in [-0.3, -0.25) is 11.3 Å². The average molecular weight is 246 g/mol. The molecule has 2 aliphatic rings. The molecule has 1 saturated carbocycles. The lowest BCUT2D eigenvalue weighted by Crippen LogP contribution is -2.36. The van der Waals surface area contributed by atoms with Crippen molar-refractivity contribution in [3.63, 3.8) is 0 Å². The van der Waals surface area contributed by atoms with Crippen LogP contribution in [0.5, 0.6) is 0 Å². The van der Waals surface area contributed by atoms with Crippen molar-refractivity contribution in [1.29, 1.82) is 0 Å². The van der Waals surface area contributed by atoms with Gasteiger partial charge in [-0.2, -0.15) is 0 Å². The van der Waals surface area contributed by atoms with Crippen LogP contribution in [0.25, 0.3) is 0 Å². The minimum Gasteiger partial charge on any atom is -0.376 e. The predicted molar refractivity (Wildman–Crippen MR) is 72.1 cm³/mol. The Hall–Kier alpha value is -0.900. The number of rotatable bonds is 4. The molecule has 1 aliphatic carbocycles. The van der Waals surface area contributed by atoms with Crippen molar-refractivity contribution in [3.8, 4) is 0 Å². The van der Waals surface area contributed by atoms with Gasteiger partial charge >= 0.3 is 0 Å². The standard InChI is InChI=1S/C15H22N2O/c16-17-15(14-8-3-9-18-14)13-7-2-6-12(10-13)11-4-1-5-11/h2,6-7,10-11,14-15,17H,1,3-5,8-9,16H2. The van der Waals surface area contributed by atoms with E-state index >= 15 is 0 Å². The minimum absolute atomic E-state index is 0.132. The molecule has 0 spiro atoms. The third-order valence-corrected chi connectivity index (χ3v) is 4.36. The SMILES string of the molecule is NNC(c1cccc(C2CCC2)c1)C1CCCO1. The maximum atomic E-state index is 5.76. The molecule has 3 nitrogen and oxygen atoms in total. The lowest BCUT2D eigenvalue weighted by atomic mass is 9.79. The molecule has 1 aliphatic heterocycles. The van der Waals surface area contributed by atoms with Gasteiger partial charge in [0, 0.05) is 6.61 Å². The largest absolute Gasteiger partial charge is 0.376 e. The van der Waals surface area contributed by atoms with Gasteiger partial charge in [-0.15, -0.1) is 0 Å². The third-order valence-electron chi connectivity index (χ3n) is 4.36. The Morgan fingerprint density at radius 2 is 2.11 bits per heavy atom. The highest BCUT2D eigenvalue weighted by atomic mass is 16.5. The Balaban J connectivity index is 1.80. The molecule has 1 heterocycles. The molecule has 2 atom stereocenters. The number of nitrogens with two attached hydrogens (primary N) is 1. The van der Waals surface area contributed by atoms with E-state index in [1.165, 1.54) is 30.4 Å². The third kappa shape index (κ3) is 2.30. The van der Waals surface area contributed by atoms with Crippen LogP contribution >= 0.6 is 0 Å². The first-order chi connectivity index (χ1) is 8.88. The molecule has 3 rings (SSSR count). The van der Waals surface area contributed by atoms with Crippen LogP contribution in [-0.2, 0) is 4.74 Å². The second kappa shape index (κ2) is 5.39. The van der Waals surface area contributed by atoms with Crippen LogP contribution < -0.4 is 11.3 Å². The van der Waals surface area contributed by atoms with Gasteiger partial charge in [0.05, 0.1) is 12.1 Å². The molecule has 18 heavy (non-hydrogen) atoms. The number of nitrogens with one attached hydrogen (secondary N) is 1. The number of hydrazine groups is 1. The normalized spacial score (nSPS) is 25.9. The van der Waals surface area contributed by atoms with Gasteiger partial charge in [0.25, 0.3) is 0 Å².